The summed E-state index contributed by atoms with van der Waals surface area (Å²) in [5.41, 5.74) is 2.93. The fourth-order valence-electron chi connectivity index (χ4n) is 2.93. The molecule has 1 saturated heterocycles. The number of rotatable bonds is 3. The molecule has 25 heavy (non-hydrogen) atoms. The van der Waals surface area contributed by atoms with Gasteiger partial charge in [0.25, 0.3) is 5.91 Å². The molecule has 0 unspecified atom stereocenters. The molecule has 1 aliphatic heterocycles. The van der Waals surface area contributed by atoms with Gasteiger partial charge in [0.15, 0.2) is 0 Å². The van der Waals surface area contributed by atoms with Gasteiger partial charge in [0.2, 0.25) is 0 Å². The summed E-state index contributed by atoms with van der Waals surface area (Å²) >= 11 is 6.27. The number of carbonyl (C=O) groups excluding carboxylic acids is 1. The van der Waals surface area contributed by atoms with Gasteiger partial charge in [-0.25, -0.2) is 9.97 Å². The first-order chi connectivity index (χ1) is 11.9. The predicted octanol–water partition coefficient (Wildman–Crippen LogP) is 2.75. The lowest BCUT2D eigenvalue weighted by molar-refractivity contribution is 0.102. The van der Waals surface area contributed by atoms with Gasteiger partial charge >= 0.3 is 0 Å². The zero-order chi connectivity index (χ0) is 18.0. The number of nitrogens with zero attached hydrogens (tertiary/aromatic N) is 4. The third kappa shape index (κ3) is 4.08. The minimum atomic E-state index is -0.286. The number of benzene rings is 1. The molecule has 3 rings (SSSR count). The maximum absolute atomic E-state index is 12.6. The average Bonchev–Trinajstić information content (AvgIpc) is 2.58. The Morgan fingerprint density at radius 3 is 2.52 bits per heavy atom. The normalized spacial score (nSPS) is 15.3. The van der Waals surface area contributed by atoms with Gasteiger partial charge in [-0.2, -0.15) is 0 Å². The van der Waals surface area contributed by atoms with E-state index in [0.717, 1.165) is 43.1 Å². The Morgan fingerprint density at radius 1 is 1.12 bits per heavy atom. The SMILES string of the molecule is Cc1cc(C)c(NC(=O)c2cc(N3CCN(C)CC3)ncn2)c(Cl)c1. The van der Waals surface area contributed by atoms with E-state index < -0.39 is 0 Å². The molecule has 2 aromatic rings. The number of carbonyl (C=O) groups is 1. The van der Waals surface area contributed by atoms with Gasteiger partial charge in [-0.15, -0.1) is 0 Å². The quantitative estimate of drug-likeness (QED) is 0.913. The highest BCUT2D eigenvalue weighted by Crippen LogP contribution is 2.27. The first-order valence-electron chi connectivity index (χ1n) is 8.27. The summed E-state index contributed by atoms with van der Waals surface area (Å²) in [4.78, 5) is 25.5. The molecule has 1 amide bonds. The Bertz CT molecular complexity index is 764. The van der Waals surface area contributed by atoms with Crippen LogP contribution >= 0.6 is 11.6 Å². The number of halogens is 1. The summed E-state index contributed by atoms with van der Waals surface area (Å²) in [6.07, 6.45) is 1.44. The predicted molar refractivity (Wildman–Crippen MR) is 101 cm³/mol. The van der Waals surface area contributed by atoms with Crippen molar-refractivity contribution in [3.05, 3.63) is 46.4 Å². The summed E-state index contributed by atoms with van der Waals surface area (Å²) in [5, 5.41) is 3.40. The molecule has 0 atom stereocenters. The van der Waals surface area contributed by atoms with Gasteiger partial charge in [0.1, 0.15) is 17.8 Å². The molecule has 1 N–H and O–H groups in total. The van der Waals surface area contributed by atoms with Crippen LogP contribution < -0.4 is 10.2 Å². The smallest absolute Gasteiger partial charge is 0.274 e. The van der Waals surface area contributed by atoms with Crippen molar-refractivity contribution >= 4 is 29.0 Å². The topological polar surface area (TPSA) is 61.4 Å². The summed E-state index contributed by atoms with van der Waals surface area (Å²) in [7, 11) is 2.10. The third-order valence-corrected chi connectivity index (χ3v) is 4.68. The van der Waals surface area contributed by atoms with E-state index in [9.17, 15) is 4.79 Å². The number of hydrogen-bond acceptors (Lipinski definition) is 5. The fourth-order valence-corrected chi connectivity index (χ4v) is 3.30. The highest BCUT2D eigenvalue weighted by atomic mass is 35.5. The van der Waals surface area contributed by atoms with Crippen LogP contribution in [-0.4, -0.2) is 54.0 Å². The van der Waals surface area contributed by atoms with E-state index in [1.165, 1.54) is 6.33 Å². The number of hydrogen-bond donors (Lipinski definition) is 1. The Kier molecular flexibility index (Phi) is 5.20. The molecule has 2 heterocycles. The van der Waals surface area contributed by atoms with E-state index in [1.54, 1.807) is 6.07 Å². The van der Waals surface area contributed by atoms with Crippen molar-refractivity contribution in [3.8, 4) is 0 Å². The second-order valence-corrected chi connectivity index (χ2v) is 6.85. The maximum Gasteiger partial charge on any atom is 0.274 e. The van der Waals surface area contributed by atoms with Crippen molar-refractivity contribution in [2.24, 2.45) is 0 Å². The highest BCUT2D eigenvalue weighted by molar-refractivity contribution is 6.34. The standard InChI is InChI=1S/C18H22ClN5O/c1-12-8-13(2)17(14(19)9-12)22-18(25)15-10-16(21-11-20-15)24-6-4-23(3)5-7-24/h8-11H,4-7H2,1-3H3,(H,22,25). The van der Waals surface area contributed by atoms with E-state index in [1.807, 2.05) is 26.0 Å². The van der Waals surface area contributed by atoms with Crippen molar-refractivity contribution in [3.63, 3.8) is 0 Å². The third-order valence-electron chi connectivity index (χ3n) is 4.38. The molecule has 7 heteroatoms. The van der Waals surface area contributed by atoms with Crippen LogP contribution in [0.3, 0.4) is 0 Å². The van der Waals surface area contributed by atoms with E-state index in [2.05, 4.69) is 32.1 Å². The zero-order valence-corrected chi connectivity index (χ0v) is 15.5. The first-order valence-corrected chi connectivity index (χ1v) is 8.65. The fraction of sp³-hybridized carbons (Fsp3) is 0.389. The van der Waals surface area contributed by atoms with E-state index in [0.29, 0.717) is 16.4 Å². The summed E-state index contributed by atoms with van der Waals surface area (Å²) in [6, 6.07) is 5.55. The van der Waals surface area contributed by atoms with Gasteiger partial charge in [-0.05, 0) is 38.1 Å². The van der Waals surface area contributed by atoms with Gasteiger partial charge in [0.05, 0.1) is 10.7 Å². The molecule has 0 saturated carbocycles. The molecule has 1 aliphatic rings. The molecule has 1 fully saturated rings. The van der Waals surface area contributed by atoms with Crippen molar-refractivity contribution in [1.82, 2.24) is 14.9 Å². The molecular formula is C18H22ClN5O. The number of likely N-dealkylation sites (N-methyl/N-ethyl adjacent to an activating group) is 1. The highest BCUT2D eigenvalue weighted by Gasteiger charge is 2.18. The van der Waals surface area contributed by atoms with Crippen LogP contribution in [0.15, 0.2) is 24.5 Å². The van der Waals surface area contributed by atoms with Gasteiger partial charge in [0, 0.05) is 32.2 Å². The molecule has 0 radical (unpaired) electrons. The lowest BCUT2D eigenvalue weighted by Gasteiger charge is -2.33. The van der Waals surface area contributed by atoms with Crippen molar-refractivity contribution in [2.45, 2.75) is 13.8 Å². The number of aromatic nitrogens is 2. The molecule has 0 spiro atoms. The second kappa shape index (κ2) is 7.37. The van der Waals surface area contributed by atoms with E-state index in [-0.39, 0.29) is 5.91 Å². The van der Waals surface area contributed by atoms with Crippen LogP contribution in [0.2, 0.25) is 5.02 Å². The molecule has 0 bridgehead atoms. The lowest BCUT2D eigenvalue weighted by Crippen LogP contribution is -2.44. The Hall–Kier alpha value is -2.18. The number of anilines is 2. The molecule has 1 aromatic heterocycles. The summed E-state index contributed by atoms with van der Waals surface area (Å²) < 4.78 is 0. The Balaban J connectivity index is 1.78. The van der Waals surface area contributed by atoms with Crippen molar-refractivity contribution < 1.29 is 4.79 Å². The van der Waals surface area contributed by atoms with Crippen LogP contribution in [0.25, 0.3) is 0 Å². The zero-order valence-electron chi connectivity index (χ0n) is 14.7. The first kappa shape index (κ1) is 17.6. The van der Waals surface area contributed by atoms with Gasteiger partial charge in [-0.3, -0.25) is 4.79 Å². The second-order valence-electron chi connectivity index (χ2n) is 6.44. The van der Waals surface area contributed by atoms with Crippen molar-refractivity contribution in [2.75, 3.05) is 43.4 Å². The molecule has 132 valence electrons. The largest absolute Gasteiger partial charge is 0.354 e. The van der Waals surface area contributed by atoms with E-state index >= 15 is 0 Å². The lowest BCUT2D eigenvalue weighted by atomic mass is 10.1. The molecule has 6 nitrogen and oxygen atoms in total. The molecule has 1 aromatic carbocycles. The van der Waals surface area contributed by atoms with Crippen LogP contribution in [0.4, 0.5) is 11.5 Å². The van der Waals surface area contributed by atoms with Crippen LogP contribution in [0, 0.1) is 13.8 Å². The number of aryl methyl sites for hydroxylation is 2. The monoisotopic (exact) mass is 359 g/mol. The summed E-state index contributed by atoms with van der Waals surface area (Å²) in [6.45, 7) is 7.61. The average molecular weight is 360 g/mol. The van der Waals surface area contributed by atoms with E-state index in [4.69, 9.17) is 11.6 Å². The maximum atomic E-state index is 12.6. The van der Waals surface area contributed by atoms with Crippen LogP contribution in [-0.2, 0) is 0 Å². The molecular weight excluding hydrogens is 338 g/mol. The van der Waals surface area contributed by atoms with Crippen LogP contribution in [0.5, 0.6) is 0 Å². The minimum absolute atomic E-state index is 0.286. The van der Waals surface area contributed by atoms with Gasteiger partial charge < -0.3 is 15.1 Å². The summed E-state index contributed by atoms with van der Waals surface area (Å²) in [5.74, 6) is 0.492. The number of piperazine rings is 1. The van der Waals surface area contributed by atoms with Crippen LogP contribution in [0.1, 0.15) is 21.6 Å². The minimum Gasteiger partial charge on any atom is -0.354 e. The Morgan fingerprint density at radius 2 is 1.84 bits per heavy atom. The molecule has 0 aliphatic carbocycles. The van der Waals surface area contributed by atoms with Gasteiger partial charge in [-0.1, -0.05) is 17.7 Å². The van der Waals surface area contributed by atoms with Crippen molar-refractivity contribution in [1.29, 1.82) is 0 Å². The Labute approximate surface area is 152 Å². The number of amides is 1. The number of nitrogens with one attached hydrogen (secondary N) is 1.